The third-order valence-corrected chi connectivity index (χ3v) is 5.98. The van der Waals surface area contributed by atoms with Crippen LogP contribution in [0, 0.1) is 6.92 Å². The fourth-order valence-corrected chi connectivity index (χ4v) is 4.18. The number of hydrogen-bond acceptors (Lipinski definition) is 2. The van der Waals surface area contributed by atoms with E-state index in [1.54, 1.807) is 0 Å². The van der Waals surface area contributed by atoms with Gasteiger partial charge in [-0.2, -0.15) is 0 Å². The zero-order chi connectivity index (χ0) is 16.1. The molecule has 0 aromatic heterocycles. The first-order valence-electron chi connectivity index (χ1n) is 7.70. The fourth-order valence-electron chi connectivity index (χ4n) is 2.38. The molecule has 0 saturated carbocycles. The molecule has 1 unspecified atom stereocenters. The average molecular weight is 371 g/mol. The van der Waals surface area contributed by atoms with Crippen LogP contribution in [0.1, 0.15) is 5.56 Å². The molecule has 0 aliphatic heterocycles. The van der Waals surface area contributed by atoms with Crippen LogP contribution in [0.5, 0.6) is 5.75 Å². The van der Waals surface area contributed by atoms with Crippen LogP contribution in [0.3, 0.4) is 0 Å². The number of para-hydroxylation sites is 1. The van der Waals surface area contributed by atoms with E-state index in [9.17, 15) is 5.11 Å². The second kappa shape index (κ2) is 7.65. The molecule has 0 heterocycles. The van der Waals surface area contributed by atoms with Crippen molar-refractivity contribution in [2.75, 3.05) is 6.61 Å². The molecule has 1 N–H and O–H groups in total. The number of rotatable bonds is 6. The molecule has 3 aromatic rings. The van der Waals surface area contributed by atoms with Gasteiger partial charge in [0.05, 0.1) is 0 Å². The molecular weight excluding hydrogens is 351 g/mol. The van der Waals surface area contributed by atoms with Gasteiger partial charge in [0.2, 0.25) is 0 Å². The maximum absolute atomic E-state index is 10.1. The Morgan fingerprint density at radius 2 is 1.70 bits per heavy atom. The summed E-state index contributed by atoms with van der Waals surface area (Å²) < 4.78 is 6.91. The van der Waals surface area contributed by atoms with Crippen molar-refractivity contribution in [3.63, 3.8) is 0 Å². The molecule has 0 fully saturated rings. The SMILES string of the molecule is Cc1ccc2cc([Se]CC(O)COc3ccccc3)ccc2c1. The molecule has 0 spiro atoms. The van der Waals surface area contributed by atoms with E-state index in [0.717, 1.165) is 11.1 Å². The van der Waals surface area contributed by atoms with Gasteiger partial charge in [-0.25, -0.2) is 0 Å². The van der Waals surface area contributed by atoms with Crippen molar-refractivity contribution in [1.29, 1.82) is 0 Å². The van der Waals surface area contributed by atoms with E-state index in [1.165, 1.54) is 20.8 Å². The molecule has 0 radical (unpaired) electrons. The third-order valence-electron chi connectivity index (χ3n) is 3.60. The Labute approximate surface area is 143 Å². The summed E-state index contributed by atoms with van der Waals surface area (Å²) >= 11 is 0.249. The van der Waals surface area contributed by atoms with Crippen LogP contribution in [0.25, 0.3) is 10.8 Å². The van der Waals surface area contributed by atoms with Crippen molar-refractivity contribution in [3.8, 4) is 5.75 Å². The monoisotopic (exact) mass is 372 g/mol. The number of aliphatic hydroxyl groups is 1. The minimum absolute atomic E-state index is 0.249. The minimum atomic E-state index is -0.427. The molecule has 3 aromatic carbocycles. The van der Waals surface area contributed by atoms with Crippen molar-refractivity contribution in [1.82, 2.24) is 0 Å². The van der Waals surface area contributed by atoms with Crippen LogP contribution in [0.4, 0.5) is 0 Å². The van der Waals surface area contributed by atoms with Gasteiger partial charge in [0.1, 0.15) is 0 Å². The van der Waals surface area contributed by atoms with E-state index in [-0.39, 0.29) is 15.0 Å². The van der Waals surface area contributed by atoms with Gasteiger partial charge in [-0.05, 0) is 0 Å². The predicted octanol–water partition coefficient (Wildman–Crippen LogP) is 3.34. The molecule has 0 bridgehead atoms. The van der Waals surface area contributed by atoms with E-state index in [4.69, 9.17) is 4.74 Å². The van der Waals surface area contributed by atoms with E-state index >= 15 is 0 Å². The Morgan fingerprint density at radius 1 is 0.957 bits per heavy atom. The van der Waals surface area contributed by atoms with Gasteiger partial charge < -0.3 is 0 Å². The summed E-state index contributed by atoms with van der Waals surface area (Å²) in [6.07, 6.45) is -0.427. The maximum atomic E-state index is 10.1. The summed E-state index contributed by atoms with van der Waals surface area (Å²) in [5, 5.41) is 13.4. The van der Waals surface area contributed by atoms with Gasteiger partial charge in [0.25, 0.3) is 0 Å². The van der Waals surface area contributed by atoms with E-state index in [2.05, 4.69) is 43.3 Å². The number of fused-ring (bicyclic) bond motifs is 1. The number of hydrogen-bond donors (Lipinski definition) is 1. The van der Waals surface area contributed by atoms with Crippen molar-refractivity contribution in [2.24, 2.45) is 0 Å². The average Bonchev–Trinajstić information content (AvgIpc) is 2.59. The van der Waals surface area contributed by atoms with Crippen LogP contribution >= 0.6 is 0 Å². The van der Waals surface area contributed by atoms with Gasteiger partial charge in [0, 0.05) is 0 Å². The standard InChI is InChI=1S/C20H20O2Se/c1-15-7-8-17-12-20(10-9-16(17)11-15)23-14-18(21)13-22-19-5-3-2-4-6-19/h2-12,18,21H,13-14H2,1H3. The summed E-state index contributed by atoms with van der Waals surface area (Å²) in [5.74, 6) is 0.806. The summed E-state index contributed by atoms with van der Waals surface area (Å²) in [5.41, 5.74) is 1.28. The van der Waals surface area contributed by atoms with Crippen LogP contribution in [0.15, 0.2) is 66.7 Å². The Hall–Kier alpha value is -1.80. The Kier molecular flexibility index (Phi) is 5.34. The number of ether oxygens (including phenoxy) is 1. The van der Waals surface area contributed by atoms with Gasteiger partial charge in [-0.15, -0.1) is 0 Å². The van der Waals surface area contributed by atoms with Gasteiger partial charge >= 0.3 is 143 Å². The first-order valence-corrected chi connectivity index (χ1v) is 9.76. The molecule has 2 nitrogen and oxygen atoms in total. The molecular formula is C20H20O2Se. The molecule has 3 rings (SSSR count). The molecule has 118 valence electrons. The van der Waals surface area contributed by atoms with E-state index < -0.39 is 6.10 Å². The first kappa shape index (κ1) is 16.1. The molecule has 0 aliphatic rings. The third kappa shape index (κ3) is 4.59. The number of benzene rings is 3. The van der Waals surface area contributed by atoms with Gasteiger partial charge in [-0.1, -0.05) is 0 Å². The normalized spacial score (nSPS) is 12.3. The van der Waals surface area contributed by atoms with Gasteiger partial charge in [0.15, 0.2) is 0 Å². The number of aliphatic hydroxyl groups excluding tert-OH is 1. The first-order chi connectivity index (χ1) is 11.2. The summed E-state index contributed by atoms with van der Waals surface area (Å²) in [6, 6.07) is 22.7. The van der Waals surface area contributed by atoms with E-state index in [0.29, 0.717) is 6.61 Å². The molecule has 23 heavy (non-hydrogen) atoms. The zero-order valence-corrected chi connectivity index (χ0v) is 14.8. The van der Waals surface area contributed by atoms with Gasteiger partial charge in [-0.3, -0.25) is 0 Å². The molecule has 1 atom stereocenters. The second-order valence-corrected chi connectivity index (χ2v) is 7.90. The molecule has 0 saturated heterocycles. The molecule has 0 aliphatic carbocycles. The summed E-state index contributed by atoms with van der Waals surface area (Å²) in [6.45, 7) is 2.46. The topological polar surface area (TPSA) is 29.5 Å². The quantitative estimate of drug-likeness (QED) is 0.674. The van der Waals surface area contributed by atoms with Crippen LogP contribution in [-0.4, -0.2) is 32.8 Å². The van der Waals surface area contributed by atoms with Crippen molar-refractivity contribution in [3.05, 3.63) is 72.3 Å². The fraction of sp³-hybridized carbons (Fsp3) is 0.200. The van der Waals surface area contributed by atoms with Crippen molar-refractivity contribution < 1.29 is 9.84 Å². The number of aryl methyl sites for hydroxylation is 1. The Morgan fingerprint density at radius 3 is 2.52 bits per heavy atom. The second-order valence-electron chi connectivity index (χ2n) is 5.60. The van der Waals surface area contributed by atoms with Crippen LogP contribution < -0.4 is 9.20 Å². The Balaban J connectivity index is 1.54. The molecule has 3 heteroatoms. The van der Waals surface area contributed by atoms with Crippen molar-refractivity contribution >= 4 is 30.2 Å². The van der Waals surface area contributed by atoms with Crippen LogP contribution in [-0.2, 0) is 0 Å². The zero-order valence-electron chi connectivity index (χ0n) is 13.1. The van der Waals surface area contributed by atoms with Crippen LogP contribution in [0.2, 0.25) is 5.32 Å². The van der Waals surface area contributed by atoms with E-state index in [1.807, 2.05) is 30.3 Å². The summed E-state index contributed by atoms with van der Waals surface area (Å²) in [7, 11) is 0. The molecule has 0 amide bonds. The van der Waals surface area contributed by atoms with Crippen molar-refractivity contribution in [2.45, 2.75) is 18.3 Å². The predicted molar refractivity (Wildman–Crippen MR) is 96.8 cm³/mol. The Bertz CT molecular complexity index is 771. The summed E-state index contributed by atoms with van der Waals surface area (Å²) in [4.78, 5) is 0.